The summed E-state index contributed by atoms with van der Waals surface area (Å²) < 4.78 is 0. The van der Waals surface area contributed by atoms with Gasteiger partial charge >= 0.3 is 0 Å². The van der Waals surface area contributed by atoms with Crippen LogP contribution in [-0.2, 0) is 4.79 Å². The molecule has 2 rings (SSSR count). The maximum absolute atomic E-state index is 11.0. The van der Waals surface area contributed by atoms with Gasteiger partial charge in [-0.15, -0.1) is 0 Å². The van der Waals surface area contributed by atoms with Crippen LogP contribution in [0.1, 0.15) is 33.6 Å². The van der Waals surface area contributed by atoms with Crippen LogP contribution in [0, 0.1) is 5.41 Å². The molecule has 82 valence electrons. The molecule has 2 saturated heterocycles. The van der Waals surface area contributed by atoms with E-state index in [0.29, 0.717) is 5.41 Å². The fraction of sp³-hybridized carbons (Fsp3) is 0.909. The van der Waals surface area contributed by atoms with Gasteiger partial charge in [-0.05, 0) is 25.9 Å². The van der Waals surface area contributed by atoms with Crippen molar-refractivity contribution in [1.29, 1.82) is 0 Å². The van der Waals surface area contributed by atoms with Crippen LogP contribution >= 0.6 is 0 Å². The molecule has 0 aliphatic carbocycles. The molecule has 3 heteroatoms. The first-order chi connectivity index (χ1) is 6.72. The second kappa shape index (κ2) is 4.78. The van der Waals surface area contributed by atoms with Gasteiger partial charge in [0.1, 0.15) is 0 Å². The standard InChI is InChI=1S/C9H16N2O.C2H6/c1-8(12)11-6-9(7-11)2-4-10-5-3-9;1-2/h10H,2-7H2,1H3;1-2H3. The summed E-state index contributed by atoms with van der Waals surface area (Å²) in [5.74, 6) is 0.235. The molecule has 0 aromatic heterocycles. The fourth-order valence-electron chi connectivity index (χ4n) is 2.26. The minimum absolute atomic E-state index is 0.235. The van der Waals surface area contributed by atoms with Gasteiger partial charge in [-0.2, -0.15) is 0 Å². The quantitative estimate of drug-likeness (QED) is 0.635. The molecule has 2 heterocycles. The van der Waals surface area contributed by atoms with Crippen molar-refractivity contribution in [2.75, 3.05) is 26.2 Å². The number of nitrogens with zero attached hydrogens (tertiary/aromatic N) is 1. The molecule has 2 aliphatic heterocycles. The van der Waals surface area contributed by atoms with Crippen LogP contribution in [0.3, 0.4) is 0 Å². The summed E-state index contributed by atoms with van der Waals surface area (Å²) >= 11 is 0. The number of nitrogens with one attached hydrogen (secondary N) is 1. The maximum atomic E-state index is 11.0. The Kier molecular flexibility index (Phi) is 3.93. The van der Waals surface area contributed by atoms with Crippen LogP contribution in [-0.4, -0.2) is 37.0 Å². The van der Waals surface area contributed by atoms with E-state index in [1.54, 1.807) is 6.92 Å². The summed E-state index contributed by atoms with van der Waals surface area (Å²) in [5.41, 5.74) is 0.497. The first-order valence-corrected chi connectivity index (χ1v) is 5.68. The number of carbonyl (C=O) groups excluding carboxylic acids is 1. The molecule has 0 radical (unpaired) electrons. The van der Waals surface area contributed by atoms with Crippen LogP contribution in [0.15, 0.2) is 0 Å². The lowest BCUT2D eigenvalue weighted by Gasteiger charge is -2.52. The second-order valence-corrected chi connectivity index (χ2v) is 4.13. The van der Waals surface area contributed by atoms with Crippen LogP contribution in [0.5, 0.6) is 0 Å². The average molecular weight is 198 g/mol. The van der Waals surface area contributed by atoms with Gasteiger partial charge in [-0.1, -0.05) is 13.8 Å². The van der Waals surface area contributed by atoms with Crippen LogP contribution < -0.4 is 5.32 Å². The molecule has 3 nitrogen and oxygen atoms in total. The fourth-order valence-corrected chi connectivity index (χ4v) is 2.26. The number of piperidine rings is 1. The Morgan fingerprint density at radius 2 is 1.71 bits per heavy atom. The number of hydrogen-bond acceptors (Lipinski definition) is 2. The lowest BCUT2D eigenvalue weighted by atomic mass is 9.72. The van der Waals surface area contributed by atoms with Crippen molar-refractivity contribution in [3.8, 4) is 0 Å². The molecule has 0 saturated carbocycles. The molecule has 2 fully saturated rings. The van der Waals surface area contributed by atoms with Crippen molar-refractivity contribution < 1.29 is 4.79 Å². The summed E-state index contributed by atoms with van der Waals surface area (Å²) in [7, 11) is 0. The number of carbonyl (C=O) groups is 1. The van der Waals surface area contributed by atoms with E-state index in [1.165, 1.54) is 12.8 Å². The third-order valence-electron chi connectivity index (χ3n) is 3.16. The Bertz CT molecular complexity index is 189. The van der Waals surface area contributed by atoms with E-state index >= 15 is 0 Å². The Morgan fingerprint density at radius 3 is 2.14 bits per heavy atom. The van der Waals surface area contributed by atoms with Crippen molar-refractivity contribution in [3.63, 3.8) is 0 Å². The molecular formula is C11H22N2O. The number of hydrogen-bond donors (Lipinski definition) is 1. The molecule has 2 aliphatic rings. The smallest absolute Gasteiger partial charge is 0.219 e. The Balaban J connectivity index is 0.000000461. The zero-order chi connectivity index (χ0) is 10.6. The van der Waals surface area contributed by atoms with Gasteiger partial charge in [-0.25, -0.2) is 0 Å². The average Bonchev–Trinajstić information content (AvgIpc) is 2.18. The normalized spacial score (nSPS) is 23.5. The van der Waals surface area contributed by atoms with E-state index < -0.39 is 0 Å². The highest BCUT2D eigenvalue weighted by Crippen LogP contribution is 2.38. The van der Waals surface area contributed by atoms with Crippen molar-refractivity contribution in [2.45, 2.75) is 33.6 Å². The lowest BCUT2D eigenvalue weighted by molar-refractivity contribution is -0.142. The zero-order valence-electron chi connectivity index (χ0n) is 9.60. The first kappa shape index (κ1) is 11.5. The van der Waals surface area contributed by atoms with Crippen LogP contribution in [0.25, 0.3) is 0 Å². The monoisotopic (exact) mass is 198 g/mol. The van der Waals surface area contributed by atoms with Gasteiger partial charge in [0, 0.05) is 25.4 Å². The van der Waals surface area contributed by atoms with E-state index in [4.69, 9.17) is 0 Å². The third kappa shape index (κ3) is 2.27. The number of rotatable bonds is 0. The van der Waals surface area contributed by atoms with E-state index in [-0.39, 0.29) is 5.91 Å². The van der Waals surface area contributed by atoms with E-state index in [9.17, 15) is 4.79 Å². The highest BCUT2D eigenvalue weighted by atomic mass is 16.2. The first-order valence-electron chi connectivity index (χ1n) is 5.68. The summed E-state index contributed by atoms with van der Waals surface area (Å²) in [6.45, 7) is 9.93. The minimum Gasteiger partial charge on any atom is -0.342 e. The Hall–Kier alpha value is -0.570. The zero-order valence-corrected chi connectivity index (χ0v) is 9.60. The van der Waals surface area contributed by atoms with Crippen molar-refractivity contribution in [3.05, 3.63) is 0 Å². The van der Waals surface area contributed by atoms with Gasteiger partial charge < -0.3 is 10.2 Å². The number of likely N-dealkylation sites (tertiary alicyclic amines) is 1. The number of amides is 1. The van der Waals surface area contributed by atoms with Crippen LogP contribution in [0.2, 0.25) is 0 Å². The Labute approximate surface area is 86.9 Å². The lowest BCUT2D eigenvalue weighted by Crippen LogP contribution is -2.61. The molecule has 0 bridgehead atoms. The molecule has 1 N–H and O–H groups in total. The van der Waals surface area contributed by atoms with E-state index in [2.05, 4.69) is 5.32 Å². The third-order valence-corrected chi connectivity index (χ3v) is 3.16. The van der Waals surface area contributed by atoms with Crippen molar-refractivity contribution in [1.82, 2.24) is 10.2 Å². The van der Waals surface area contributed by atoms with Crippen molar-refractivity contribution >= 4 is 5.91 Å². The largest absolute Gasteiger partial charge is 0.342 e. The van der Waals surface area contributed by atoms with Gasteiger partial charge in [0.2, 0.25) is 5.91 Å². The summed E-state index contributed by atoms with van der Waals surface area (Å²) in [4.78, 5) is 12.9. The molecule has 1 amide bonds. The summed E-state index contributed by atoms with van der Waals surface area (Å²) in [5, 5.41) is 3.35. The molecule has 1 spiro atoms. The summed E-state index contributed by atoms with van der Waals surface area (Å²) in [6.07, 6.45) is 2.49. The highest BCUT2D eigenvalue weighted by molar-refractivity contribution is 5.74. The van der Waals surface area contributed by atoms with Crippen LogP contribution in [0.4, 0.5) is 0 Å². The molecule has 0 aromatic carbocycles. The van der Waals surface area contributed by atoms with Crippen molar-refractivity contribution in [2.24, 2.45) is 5.41 Å². The molecular weight excluding hydrogens is 176 g/mol. The van der Waals surface area contributed by atoms with Gasteiger partial charge in [0.15, 0.2) is 0 Å². The van der Waals surface area contributed by atoms with E-state index in [1.807, 2.05) is 18.7 Å². The van der Waals surface area contributed by atoms with Gasteiger partial charge in [0.05, 0.1) is 0 Å². The van der Waals surface area contributed by atoms with Gasteiger partial charge in [0.25, 0.3) is 0 Å². The highest BCUT2D eigenvalue weighted by Gasteiger charge is 2.44. The second-order valence-electron chi connectivity index (χ2n) is 4.13. The Morgan fingerprint density at radius 1 is 1.21 bits per heavy atom. The SMILES string of the molecule is CC.CC(=O)N1CC2(CCNCC2)C1. The molecule has 0 unspecified atom stereocenters. The molecule has 14 heavy (non-hydrogen) atoms. The summed E-state index contributed by atoms with van der Waals surface area (Å²) in [6, 6.07) is 0. The maximum Gasteiger partial charge on any atom is 0.219 e. The van der Waals surface area contributed by atoms with E-state index in [0.717, 1.165) is 26.2 Å². The predicted molar refractivity (Wildman–Crippen MR) is 58.1 cm³/mol. The molecule has 0 aromatic rings. The molecule has 0 atom stereocenters. The predicted octanol–water partition coefficient (Wildman–Crippen LogP) is 1.24. The van der Waals surface area contributed by atoms with Gasteiger partial charge in [-0.3, -0.25) is 4.79 Å². The minimum atomic E-state index is 0.235. The topological polar surface area (TPSA) is 32.3 Å².